The molecule has 0 bridgehead atoms. The summed E-state index contributed by atoms with van der Waals surface area (Å²) in [5.41, 5.74) is -0.485. The molecule has 0 saturated heterocycles. The van der Waals surface area contributed by atoms with Gasteiger partial charge >= 0.3 is 22.5 Å². The number of aromatic hydroxyl groups is 1. The Kier molecular flexibility index (Phi) is 10.8. The van der Waals surface area contributed by atoms with Gasteiger partial charge < -0.3 is 18.8 Å². The van der Waals surface area contributed by atoms with E-state index in [1.807, 2.05) is 0 Å². The second-order valence-electron chi connectivity index (χ2n) is 9.86. The zero-order chi connectivity index (χ0) is 32.2. The Labute approximate surface area is 241 Å². The van der Waals surface area contributed by atoms with E-state index in [9.17, 15) is 39.9 Å². The first-order valence-electron chi connectivity index (χ1n) is 12.5. The predicted octanol–water partition coefficient (Wildman–Crippen LogP) is 8.46. The van der Waals surface area contributed by atoms with Crippen molar-refractivity contribution in [2.24, 2.45) is 0 Å². The molecule has 42 heavy (non-hydrogen) atoms. The Morgan fingerprint density at radius 1 is 0.690 bits per heavy atom. The van der Waals surface area contributed by atoms with Crippen molar-refractivity contribution < 1.29 is 53.5 Å². The van der Waals surface area contributed by atoms with Gasteiger partial charge in [0.05, 0.1) is 14.2 Å². The standard InChI is InChI=1S/C18H19F3O4S.C11H13F3O2/c1-11(2)14-9-17(24-4)15(18(19,20)21)10-16(14)25-26(22,23)13-7-5-12(3)6-8-13;1-6(2)7-4-10(16-3)8(5-9(7)15)11(12,13)14/h5-11H,1-4H3;4-6,15H,1-3H3. The van der Waals surface area contributed by atoms with Gasteiger partial charge in [-0.15, -0.1) is 0 Å². The molecule has 0 atom stereocenters. The summed E-state index contributed by atoms with van der Waals surface area (Å²) in [6, 6.07) is 9.59. The maximum Gasteiger partial charge on any atom is 0.420 e. The Morgan fingerprint density at radius 2 is 1.12 bits per heavy atom. The van der Waals surface area contributed by atoms with Crippen molar-refractivity contribution in [3.8, 4) is 23.0 Å². The van der Waals surface area contributed by atoms with Crippen LogP contribution in [-0.2, 0) is 22.5 Å². The van der Waals surface area contributed by atoms with Gasteiger partial charge in [0.25, 0.3) is 0 Å². The number of halogens is 6. The van der Waals surface area contributed by atoms with E-state index in [2.05, 4.69) is 4.74 Å². The van der Waals surface area contributed by atoms with E-state index in [0.717, 1.165) is 18.7 Å². The van der Waals surface area contributed by atoms with E-state index in [4.69, 9.17) is 8.92 Å². The van der Waals surface area contributed by atoms with Crippen molar-refractivity contribution in [3.05, 3.63) is 76.3 Å². The summed E-state index contributed by atoms with van der Waals surface area (Å²) >= 11 is 0. The molecule has 0 spiro atoms. The van der Waals surface area contributed by atoms with Crippen molar-refractivity contribution in [1.29, 1.82) is 0 Å². The van der Waals surface area contributed by atoms with Crippen molar-refractivity contribution in [1.82, 2.24) is 0 Å². The molecule has 3 aromatic rings. The van der Waals surface area contributed by atoms with Crippen LogP contribution in [0.15, 0.2) is 53.4 Å². The molecule has 3 rings (SSSR count). The van der Waals surface area contributed by atoms with E-state index in [0.29, 0.717) is 23.3 Å². The molecule has 0 unspecified atom stereocenters. The molecule has 0 aromatic heterocycles. The summed E-state index contributed by atoms with van der Waals surface area (Å²) < 4.78 is 117. The smallest absolute Gasteiger partial charge is 0.420 e. The lowest BCUT2D eigenvalue weighted by molar-refractivity contribution is -0.139. The van der Waals surface area contributed by atoms with Crippen molar-refractivity contribution in [2.75, 3.05) is 14.2 Å². The lowest BCUT2D eigenvalue weighted by Crippen LogP contribution is -2.14. The largest absolute Gasteiger partial charge is 0.508 e. The van der Waals surface area contributed by atoms with E-state index >= 15 is 0 Å². The number of ether oxygens (including phenoxy) is 2. The highest BCUT2D eigenvalue weighted by Crippen LogP contribution is 2.43. The van der Waals surface area contributed by atoms with E-state index < -0.39 is 33.6 Å². The summed E-state index contributed by atoms with van der Waals surface area (Å²) in [5, 5.41) is 9.49. The quantitative estimate of drug-likeness (QED) is 0.210. The molecule has 1 N–H and O–H groups in total. The van der Waals surface area contributed by atoms with E-state index in [1.165, 1.54) is 25.3 Å². The molecular formula is C29H32F6O6S. The highest BCUT2D eigenvalue weighted by Gasteiger charge is 2.37. The van der Waals surface area contributed by atoms with Gasteiger partial charge in [0, 0.05) is 11.1 Å². The minimum Gasteiger partial charge on any atom is -0.508 e. The molecule has 6 nitrogen and oxygen atoms in total. The first kappa shape index (κ1) is 34.6. The monoisotopic (exact) mass is 622 g/mol. The fourth-order valence-corrected chi connectivity index (χ4v) is 4.74. The highest BCUT2D eigenvalue weighted by atomic mass is 32.2. The fourth-order valence-electron chi connectivity index (χ4n) is 3.80. The van der Waals surface area contributed by atoms with Gasteiger partial charge in [-0.3, -0.25) is 0 Å². The number of phenols is 1. The van der Waals surface area contributed by atoms with Crippen LogP contribution in [0, 0.1) is 6.92 Å². The van der Waals surface area contributed by atoms with Gasteiger partial charge in [0.1, 0.15) is 39.0 Å². The Balaban J connectivity index is 0.000000330. The summed E-state index contributed by atoms with van der Waals surface area (Å²) in [6.45, 7) is 8.78. The molecule has 0 aliphatic rings. The average molecular weight is 623 g/mol. The molecular weight excluding hydrogens is 590 g/mol. The first-order chi connectivity index (χ1) is 19.2. The van der Waals surface area contributed by atoms with Gasteiger partial charge in [-0.05, 0) is 55.2 Å². The van der Waals surface area contributed by atoms with Crippen LogP contribution in [-0.4, -0.2) is 27.7 Å². The summed E-state index contributed by atoms with van der Waals surface area (Å²) in [4.78, 5) is -0.137. The number of phenolic OH excluding ortho intramolecular Hbond substituents is 1. The van der Waals surface area contributed by atoms with Crippen LogP contribution in [0.25, 0.3) is 0 Å². The SMILES string of the molecule is COc1cc(C(C)C)c(O)cc1C(F)(F)F.COc1cc(C(C)C)c(OS(=O)(=O)c2ccc(C)cc2)cc1C(F)(F)F. The van der Waals surface area contributed by atoms with Gasteiger partial charge in [-0.25, -0.2) is 0 Å². The van der Waals surface area contributed by atoms with Crippen LogP contribution < -0.4 is 13.7 Å². The van der Waals surface area contributed by atoms with Crippen LogP contribution in [0.5, 0.6) is 23.0 Å². The lowest BCUT2D eigenvalue weighted by Gasteiger charge is -2.19. The topological polar surface area (TPSA) is 82.1 Å². The van der Waals surface area contributed by atoms with Crippen molar-refractivity contribution in [2.45, 2.75) is 63.7 Å². The first-order valence-corrected chi connectivity index (χ1v) is 13.9. The molecule has 0 aliphatic carbocycles. The Morgan fingerprint density at radius 3 is 1.52 bits per heavy atom. The predicted molar refractivity (Wildman–Crippen MR) is 145 cm³/mol. The fraction of sp³-hybridized carbons (Fsp3) is 0.379. The minimum absolute atomic E-state index is 0.0730. The molecule has 0 heterocycles. The number of aryl methyl sites for hydroxylation is 1. The molecule has 0 aliphatic heterocycles. The zero-order valence-electron chi connectivity index (χ0n) is 23.9. The number of methoxy groups -OCH3 is 2. The van der Waals surface area contributed by atoms with Crippen LogP contribution in [0.2, 0.25) is 0 Å². The number of benzene rings is 3. The third-order valence-corrected chi connectivity index (χ3v) is 7.29. The highest BCUT2D eigenvalue weighted by molar-refractivity contribution is 7.87. The summed E-state index contributed by atoms with van der Waals surface area (Å²) in [7, 11) is -1.98. The van der Waals surface area contributed by atoms with Gasteiger partial charge in [0.2, 0.25) is 0 Å². The second-order valence-corrected chi connectivity index (χ2v) is 11.4. The molecule has 0 amide bonds. The van der Waals surface area contributed by atoms with Gasteiger partial charge in [-0.2, -0.15) is 34.8 Å². The van der Waals surface area contributed by atoms with E-state index in [-0.39, 0.29) is 39.7 Å². The molecule has 3 aromatic carbocycles. The minimum atomic E-state index is -4.72. The van der Waals surface area contributed by atoms with Gasteiger partial charge in [-0.1, -0.05) is 45.4 Å². The zero-order valence-corrected chi connectivity index (χ0v) is 24.8. The van der Waals surface area contributed by atoms with Crippen LogP contribution >= 0.6 is 0 Å². The maximum absolute atomic E-state index is 13.3. The van der Waals surface area contributed by atoms with Crippen molar-refractivity contribution in [3.63, 3.8) is 0 Å². The second kappa shape index (κ2) is 13.1. The molecule has 0 radical (unpaired) electrons. The number of alkyl halides is 6. The third kappa shape index (κ3) is 8.46. The average Bonchev–Trinajstić information content (AvgIpc) is 2.87. The molecule has 232 valence electrons. The number of rotatable bonds is 7. The maximum atomic E-state index is 13.3. The number of hydrogen-bond acceptors (Lipinski definition) is 6. The summed E-state index contributed by atoms with van der Waals surface area (Å²) in [6.07, 6.45) is -9.25. The Bertz CT molecular complexity index is 1480. The lowest BCUT2D eigenvalue weighted by atomic mass is 9.99. The van der Waals surface area contributed by atoms with Crippen LogP contribution in [0.4, 0.5) is 26.3 Å². The molecule has 0 saturated carbocycles. The van der Waals surface area contributed by atoms with Gasteiger partial charge in [0.15, 0.2) is 0 Å². The van der Waals surface area contributed by atoms with Crippen LogP contribution in [0.3, 0.4) is 0 Å². The van der Waals surface area contributed by atoms with Crippen molar-refractivity contribution >= 4 is 10.1 Å². The number of hydrogen-bond donors (Lipinski definition) is 1. The van der Waals surface area contributed by atoms with Crippen LogP contribution in [0.1, 0.15) is 67.3 Å². The van der Waals surface area contributed by atoms with E-state index in [1.54, 1.807) is 46.8 Å². The molecule has 13 heteroatoms. The third-order valence-electron chi connectivity index (χ3n) is 6.04. The Hall–Kier alpha value is -3.61. The normalized spacial score (nSPS) is 12.2. The summed E-state index contributed by atoms with van der Waals surface area (Å²) in [5.74, 6) is -1.74. The molecule has 0 fully saturated rings.